The number of carbonyl (C=O) groups excluding carboxylic acids is 1. The van der Waals surface area contributed by atoms with Crippen molar-refractivity contribution in [1.29, 1.82) is 0 Å². The molecule has 1 atom stereocenters. The van der Waals surface area contributed by atoms with E-state index in [1.54, 1.807) is 0 Å². The summed E-state index contributed by atoms with van der Waals surface area (Å²) in [6.45, 7) is 3.23. The third-order valence-electron chi connectivity index (χ3n) is 0.584. The molecule has 0 aliphatic carbocycles. The Labute approximate surface area is 57.3 Å². The number of hydrogen-bond acceptors (Lipinski definition) is 2. The molecule has 0 saturated heterocycles. The van der Waals surface area contributed by atoms with Crippen LogP contribution in [-0.2, 0) is 9.53 Å². The molecule has 0 aromatic carbocycles. The van der Waals surface area contributed by atoms with Gasteiger partial charge in [-0.1, -0.05) is 15.9 Å². The number of hydrogen-bond donors (Lipinski definition) is 0. The van der Waals surface area contributed by atoms with Crippen molar-refractivity contribution in [3.8, 4) is 0 Å². The Balaban J connectivity index is 3.24. The van der Waals surface area contributed by atoms with Gasteiger partial charge in [0, 0.05) is 12.3 Å². The summed E-state index contributed by atoms with van der Waals surface area (Å²) in [5.41, 5.74) is 0. The van der Waals surface area contributed by atoms with Crippen LogP contribution in [0.1, 0.15) is 13.8 Å². The van der Waals surface area contributed by atoms with Crippen molar-refractivity contribution in [3.63, 3.8) is 0 Å². The predicted octanol–water partition coefficient (Wildman–Crippen LogP) is 1.33. The molecule has 0 fully saturated rings. The zero-order valence-corrected chi connectivity index (χ0v) is 6.56. The number of alkyl halides is 1. The van der Waals surface area contributed by atoms with E-state index in [1.165, 1.54) is 6.92 Å². The highest BCUT2D eigenvalue weighted by molar-refractivity contribution is 9.09. The topological polar surface area (TPSA) is 26.3 Å². The van der Waals surface area contributed by atoms with Crippen LogP contribution < -0.4 is 0 Å². The Kier molecular flexibility index (Phi) is 3.87. The van der Waals surface area contributed by atoms with E-state index in [0.717, 1.165) is 0 Å². The van der Waals surface area contributed by atoms with E-state index < -0.39 is 0 Å². The van der Waals surface area contributed by atoms with Gasteiger partial charge in [0.2, 0.25) is 0 Å². The van der Waals surface area contributed by atoms with E-state index in [2.05, 4.69) is 15.9 Å². The second kappa shape index (κ2) is 3.89. The number of carbonyl (C=O) groups is 1. The summed E-state index contributed by atoms with van der Waals surface area (Å²) in [5, 5.41) is 0.701. The van der Waals surface area contributed by atoms with Crippen LogP contribution >= 0.6 is 15.9 Å². The van der Waals surface area contributed by atoms with E-state index in [9.17, 15) is 4.79 Å². The fourth-order valence-electron chi connectivity index (χ4n) is 0.315. The van der Waals surface area contributed by atoms with E-state index in [4.69, 9.17) is 4.74 Å². The largest absolute Gasteiger partial charge is 0.462 e. The van der Waals surface area contributed by atoms with Gasteiger partial charge >= 0.3 is 5.97 Å². The maximum absolute atomic E-state index is 10.2. The third-order valence-corrected chi connectivity index (χ3v) is 1.50. The summed E-state index contributed by atoms with van der Waals surface area (Å²) in [5.74, 6) is -0.225. The zero-order chi connectivity index (χ0) is 6.57. The Morgan fingerprint density at radius 2 is 2.38 bits per heavy atom. The highest BCUT2D eigenvalue weighted by Gasteiger charge is 2.00. The first-order chi connectivity index (χ1) is 3.66. The molecule has 3 heteroatoms. The molecule has 0 saturated carbocycles. The van der Waals surface area contributed by atoms with E-state index in [1.807, 2.05) is 6.92 Å². The fourth-order valence-corrected chi connectivity index (χ4v) is 0.447. The van der Waals surface area contributed by atoms with Crippen LogP contribution in [0.3, 0.4) is 0 Å². The summed E-state index contributed by atoms with van der Waals surface area (Å²) in [6.07, 6.45) is -0.00694. The lowest BCUT2D eigenvalue weighted by atomic mass is 10.5. The van der Waals surface area contributed by atoms with Gasteiger partial charge in [0.25, 0.3) is 0 Å². The molecule has 48 valence electrons. The molecule has 8 heavy (non-hydrogen) atoms. The molecule has 0 aliphatic rings. The molecule has 0 rings (SSSR count). The number of rotatable bonds is 2. The van der Waals surface area contributed by atoms with E-state index >= 15 is 0 Å². The molecule has 0 aromatic rings. The summed E-state index contributed by atoms with van der Waals surface area (Å²) in [4.78, 5) is 10.2. The van der Waals surface area contributed by atoms with Crippen molar-refractivity contribution in [2.45, 2.75) is 20.0 Å². The molecule has 2 nitrogen and oxygen atoms in total. The third kappa shape index (κ3) is 4.12. The van der Waals surface area contributed by atoms with Crippen LogP contribution in [0.5, 0.6) is 0 Å². The number of halogens is 1. The van der Waals surface area contributed by atoms with Gasteiger partial charge in [-0.3, -0.25) is 4.79 Å². The fraction of sp³-hybridized carbons (Fsp3) is 0.800. The second-order valence-electron chi connectivity index (χ2n) is 1.57. The zero-order valence-electron chi connectivity index (χ0n) is 4.98. The van der Waals surface area contributed by atoms with Gasteiger partial charge in [-0.15, -0.1) is 0 Å². The minimum atomic E-state index is -0.225. The Hall–Kier alpha value is -0.0500. The van der Waals surface area contributed by atoms with Crippen molar-refractivity contribution in [2.24, 2.45) is 0 Å². The van der Waals surface area contributed by atoms with Crippen molar-refractivity contribution < 1.29 is 9.53 Å². The minimum Gasteiger partial charge on any atom is -0.462 e. The van der Waals surface area contributed by atoms with Crippen molar-refractivity contribution >= 4 is 21.9 Å². The van der Waals surface area contributed by atoms with Crippen LogP contribution in [0.25, 0.3) is 0 Å². The van der Waals surface area contributed by atoms with Crippen LogP contribution in [0.4, 0.5) is 0 Å². The molecule has 0 bridgehead atoms. The Morgan fingerprint density at radius 3 is 2.50 bits per heavy atom. The monoisotopic (exact) mass is 180 g/mol. The number of ether oxygens (including phenoxy) is 1. The molecule has 0 unspecified atom stereocenters. The smallest absolute Gasteiger partial charge is 0.302 e. The number of esters is 1. The second-order valence-corrected chi connectivity index (χ2v) is 2.22. The van der Waals surface area contributed by atoms with Crippen LogP contribution in [0.2, 0.25) is 0 Å². The van der Waals surface area contributed by atoms with Gasteiger partial charge in [-0.2, -0.15) is 0 Å². The van der Waals surface area contributed by atoms with Crippen molar-refractivity contribution in [1.82, 2.24) is 0 Å². The molecular weight excluding hydrogens is 172 g/mol. The van der Waals surface area contributed by atoms with Gasteiger partial charge in [0.05, 0.1) is 0 Å². The molecule has 0 amide bonds. The van der Waals surface area contributed by atoms with Gasteiger partial charge in [0.15, 0.2) is 0 Å². The quantitative estimate of drug-likeness (QED) is 0.474. The molecule has 0 N–H and O–H groups in total. The average Bonchev–Trinajstić information content (AvgIpc) is 1.65. The maximum atomic E-state index is 10.2. The summed E-state index contributed by atoms with van der Waals surface area (Å²) >= 11 is 3.17. The SMILES string of the molecule is CC(=O)O[C@H](C)CBr. The Morgan fingerprint density at radius 1 is 1.88 bits per heavy atom. The molecule has 0 aromatic heterocycles. The van der Waals surface area contributed by atoms with Crippen LogP contribution in [0, 0.1) is 0 Å². The molecule has 0 aliphatic heterocycles. The van der Waals surface area contributed by atoms with Gasteiger partial charge in [0.1, 0.15) is 6.10 Å². The average molecular weight is 181 g/mol. The van der Waals surface area contributed by atoms with E-state index in [-0.39, 0.29) is 12.1 Å². The summed E-state index contributed by atoms with van der Waals surface area (Å²) < 4.78 is 4.71. The first-order valence-corrected chi connectivity index (χ1v) is 3.52. The van der Waals surface area contributed by atoms with Gasteiger partial charge in [-0.25, -0.2) is 0 Å². The first-order valence-electron chi connectivity index (χ1n) is 2.40. The lowest BCUT2D eigenvalue weighted by Crippen LogP contribution is -2.12. The molecule has 0 spiro atoms. The minimum absolute atomic E-state index is 0.00694. The first kappa shape index (κ1) is 7.95. The summed E-state index contributed by atoms with van der Waals surface area (Å²) in [6, 6.07) is 0. The van der Waals surface area contributed by atoms with Crippen molar-refractivity contribution in [3.05, 3.63) is 0 Å². The van der Waals surface area contributed by atoms with Gasteiger partial charge in [-0.05, 0) is 6.92 Å². The standard InChI is InChI=1S/C5H9BrO2/c1-4(3-6)8-5(2)7/h4H,3H2,1-2H3/t4-/m1/s1. The lowest BCUT2D eigenvalue weighted by Gasteiger charge is -2.05. The van der Waals surface area contributed by atoms with Crippen LogP contribution in [0.15, 0.2) is 0 Å². The molecule has 0 heterocycles. The molecule has 0 radical (unpaired) electrons. The summed E-state index contributed by atoms with van der Waals surface area (Å²) in [7, 11) is 0. The highest BCUT2D eigenvalue weighted by atomic mass is 79.9. The lowest BCUT2D eigenvalue weighted by molar-refractivity contribution is -0.144. The molecular formula is C5H9BrO2. The predicted molar refractivity (Wildman–Crippen MR) is 35.0 cm³/mol. The van der Waals surface area contributed by atoms with E-state index in [0.29, 0.717) is 5.33 Å². The highest BCUT2D eigenvalue weighted by Crippen LogP contribution is 1.94. The van der Waals surface area contributed by atoms with Crippen LogP contribution in [-0.4, -0.2) is 17.4 Å². The Bertz CT molecular complexity index is 82.5. The van der Waals surface area contributed by atoms with Crippen molar-refractivity contribution in [2.75, 3.05) is 5.33 Å². The normalized spacial score (nSPS) is 12.9. The maximum Gasteiger partial charge on any atom is 0.302 e. The van der Waals surface area contributed by atoms with Gasteiger partial charge < -0.3 is 4.74 Å².